The topological polar surface area (TPSA) is 107 Å². The van der Waals surface area contributed by atoms with Gasteiger partial charge in [0.15, 0.2) is 0 Å². The Bertz CT molecular complexity index is 1530. The number of nitrogens with one attached hydrogen (secondary N) is 4. The summed E-state index contributed by atoms with van der Waals surface area (Å²) in [6.07, 6.45) is 5.26. The molecule has 0 unspecified atom stereocenters. The average molecular weight is 715 g/mol. The SMILES string of the molecule is CC(C)(C)[Si](OC[C@H]1CC[N+]2=C(N1)N[C@@H](CSC[C@H]1CC[N+]3=C(N[C@@H](COS(C)(=O)=O)CC3)N1)CC2)(c1ccccc1)c1ccccc1. The summed E-state index contributed by atoms with van der Waals surface area (Å²) in [7, 11) is -6.02. The van der Waals surface area contributed by atoms with E-state index in [0.29, 0.717) is 18.7 Å². The summed E-state index contributed by atoms with van der Waals surface area (Å²) in [5.74, 6) is 4.26. The van der Waals surface area contributed by atoms with Gasteiger partial charge in [-0.2, -0.15) is 20.2 Å². The number of hydrogen-bond acceptors (Lipinski definition) is 9. The first kappa shape index (κ1) is 35.3. The lowest BCUT2D eigenvalue weighted by atomic mass is 10.1. The van der Waals surface area contributed by atoms with Gasteiger partial charge >= 0.3 is 11.9 Å². The number of rotatable bonds is 12. The summed E-state index contributed by atoms with van der Waals surface area (Å²) in [5.41, 5.74) is 0. The second kappa shape index (κ2) is 15.1. The Morgan fingerprint density at radius 3 is 1.56 bits per heavy atom. The first-order chi connectivity index (χ1) is 23.0. The van der Waals surface area contributed by atoms with Gasteiger partial charge in [-0.05, 0) is 15.4 Å². The minimum atomic E-state index is -3.44. The molecule has 4 N–H and O–H groups in total. The molecule has 0 fully saturated rings. The lowest BCUT2D eigenvalue weighted by Crippen LogP contribution is -2.68. The van der Waals surface area contributed by atoms with Gasteiger partial charge in [-0.1, -0.05) is 81.4 Å². The van der Waals surface area contributed by atoms with E-state index in [1.54, 1.807) is 0 Å². The predicted molar refractivity (Wildman–Crippen MR) is 198 cm³/mol. The van der Waals surface area contributed by atoms with E-state index < -0.39 is 18.4 Å². The molecule has 0 spiro atoms. The first-order valence-corrected chi connectivity index (χ1v) is 22.4. The van der Waals surface area contributed by atoms with Gasteiger partial charge in [-0.3, -0.25) is 34.6 Å². The van der Waals surface area contributed by atoms with E-state index in [0.717, 1.165) is 81.5 Å². The van der Waals surface area contributed by atoms with Crippen molar-refractivity contribution in [3.8, 4) is 0 Å². The molecule has 0 aliphatic carbocycles. The van der Waals surface area contributed by atoms with E-state index in [1.807, 2.05) is 11.8 Å². The predicted octanol–water partition coefficient (Wildman–Crippen LogP) is 1.46. The monoisotopic (exact) mass is 714 g/mol. The fourth-order valence-electron chi connectivity index (χ4n) is 7.47. The molecular formula is C35H54N6O4S2Si+2. The van der Waals surface area contributed by atoms with Crippen LogP contribution in [-0.2, 0) is 18.7 Å². The third-order valence-electron chi connectivity index (χ3n) is 10.0. The summed E-state index contributed by atoms with van der Waals surface area (Å²) in [4.78, 5) is 0. The maximum Gasteiger partial charge on any atom is 0.346 e. The van der Waals surface area contributed by atoms with Gasteiger partial charge in [0.05, 0.1) is 63.8 Å². The molecule has 0 amide bonds. The van der Waals surface area contributed by atoms with Crippen LogP contribution in [0.3, 0.4) is 0 Å². The number of guanidine groups is 2. The fraction of sp³-hybridized carbons (Fsp3) is 0.600. The number of nitrogens with zero attached hydrogens (tertiary/aromatic N) is 2. The molecule has 0 bridgehead atoms. The standard InChI is InChI=1S/C35H52N6O4S2Si/c1-35(2,3)48(31-11-7-5-8-12-31,32-13-9-6-10-14-32)45-24-28-16-20-41-22-18-30(39-34(41)37-28)26-46-25-29-17-21-40-19-15-27(36-33(40)38-29)23-44-47(4,42)43/h5-14,27-30H,15-26H2,1-4H3,(H2,36,37,38,39)/p+2/t27-,28-,29-,30-/m1/s1. The van der Waals surface area contributed by atoms with E-state index in [2.05, 4.69) is 112 Å². The Kier molecular flexibility index (Phi) is 11.1. The molecule has 10 nitrogen and oxygen atoms in total. The van der Waals surface area contributed by atoms with Gasteiger partial charge in [0.1, 0.15) is 6.04 Å². The fourth-order valence-corrected chi connectivity index (χ4v) is 13.7. The molecule has 48 heavy (non-hydrogen) atoms. The van der Waals surface area contributed by atoms with Crippen LogP contribution in [-0.4, -0.2) is 119 Å². The van der Waals surface area contributed by atoms with Gasteiger partial charge in [0.25, 0.3) is 18.4 Å². The molecule has 4 heterocycles. The number of hydrogen-bond donors (Lipinski definition) is 4. The zero-order chi connectivity index (χ0) is 33.8. The third kappa shape index (κ3) is 8.40. The highest BCUT2D eigenvalue weighted by Crippen LogP contribution is 2.37. The van der Waals surface area contributed by atoms with E-state index in [1.165, 1.54) is 10.4 Å². The maximum atomic E-state index is 11.4. The molecule has 262 valence electrons. The van der Waals surface area contributed by atoms with Crippen LogP contribution < -0.4 is 31.6 Å². The van der Waals surface area contributed by atoms with Crippen LogP contribution >= 0.6 is 11.8 Å². The molecule has 0 radical (unpaired) electrons. The quantitative estimate of drug-likeness (QED) is 0.148. The van der Waals surface area contributed by atoms with Crippen LogP contribution in [0.25, 0.3) is 0 Å². The Labute approximate surface area is 292 Å². The van der Waals surface area contributed by atoms with Gasteiger partial charge < -0.3 is 4.43 Å². The van der Waals surface area contributed by atoms with Crippen molar-refractivity contribution in [3.63, 3.8) is 0 Å². The molecule has 4 atom stereocenters. The first-order valence-electron chi connectivity index (χ1n) is 17.5. The van der Waals surface area contributed by atoms with E-state index in [9.17, 15) is 8.42 Å². The minimum absolute atomic E-state index is 0.00240. The number of benzene rings is 2. The molecule has 4 aliphatic heterocycles. The van der Waals surface area contributed by atoms with Crippen molar-refractivity contribution in [2.75, 3.05) is 57.2 Å². The van der Waals surface area contributed by atoms with E-state index in [-0.39, 0.29) is 23.7 Å². The van der Waals surface area contributed by atoms with Crippen LogP contribution in [0.2, 0.25) is 5.04 Å². The summed E-state index contributed by atoms with van der Waals surface area (Å²) in [6.45, 7) is 11.9. The Balaban J connectivity index is 1.01. The maximum absolute atomic E-state index is 11.4. The second-order valence-corrected chi connectivity index (χ2v) is 21.7. The van der Waals surface area contributed by atoms with Crippen LogP contribution in [0.4, 0.5) is 0 Å². The normalized spacial score (nSPS) is 24.8. The van der Waals surface area contributed by atoms with Crippen molar-refractivity contribution in [2.24, 2.45) is 0 Å². The summed E-state index contributed by atoms with van der Waals surface area (Å²) >= 11 is 2.00. The highest BCUT2D eigenvalue weighted by molar-refractivity contribution is 7.99. The third-order valence-corrected chi connectivity index (χ3v) is 16.9. The highest BCUT2D eigenvalue weighted by Gasteiger charge is 2.50. The Morgan fingerprint density at radius 2 is 1.12 bits per heavy atom. The van der Waals surface area contributed by atoms with Crippen LogP contribution in [0, 0.1) is 0 Å². The van der Waals surface area contributed by atoms with Gasteiger partial charge in [0, 0.05) is 37.2 Å². The largest absolute Gasteiger partial charge is 0.404 e. The Morgan fingerprint density at radius 1 is 0.708 bits per heavy atom. The van der Waals surface area contributed by atoms with Crippen LogP contribution in [0.15, 0.2) is 60.7 Å². The molecule has 2 aromatic rings. The van der Waals surface area contributed by atoms with Gasteiger partial charge in [-0.25, -0.2) is 0 Å². The van der Waals surface area contributed by atoms with Crippen molar-refractivity contribution in [3.05, 3.63) is 60.7 Å². The average Bonchev–Trinajstić information content (AvgIpc) is 3.07. The Hall–Kier alpha value is -2.58. The molecular weight excluding hydrogens is 661 g/mol. The van der Waals surface area contributed by atoms with Crippen molar-refractivity contribution in [2.45, 2.75) is 75.7 Å². The van der Waals surface area contributed by atoms with Crippen molar-refractivity contribution >= 4 is 52.5 Å². The molecule has 2 aromatic carbocycles. The number of thioether (sulfide) groups is 1. The molecule has 0 saturated heterocycles. The van der Waals surface area contributed by atoms with Crippen molar-refractivity contribution in [1.82, 2.24) is 21.3 Å². The smallest absolute Gasteiger partial charge is 0.346 e. The van der Waals surface area contributed by atoms with Gasteiger partial charge in [0.2, 0.25) is 0 Å². The lowest BCUT2D eigenvalue weighted by molar-refractivity contribution is -0.542. The van der Waals surface area contributed by atoms with Crippen LogP contribution in [0.5, 0.6) is 0 Å². The molecule has 0 saturated carbocycles. The molecule has 0 aromatic heterocycles. The van der Waals surface area contributed by atoms with Crippen molar-refractivity contribution < 1.29 is 26.2 Å². The summed E-state index contributed by atoms with van der Waals surface area (Å²) in [6, 6.07) is 22.9. The van der Waals surface area contributed by atoms with Crippen LogP contribution in [0.1, 0.15) is 46.5 Å². The zero-order valence-corrected chi connectivity index (χ0v) is 31.5. The molecule has 6 rings (SSSR count). The molecule has 4 aliphatic rings. The van der Waals surface area contributed by atoms with Gasteiger partial charge in [-0.15, -0.1) is 0 Å². The van der Waals surface area contributed by atoms with Crippen molar-refractivity contribution in [1.29, 1.82) is 0 Å². The molecule has 13 heteroatoms. The summed E-state index contributed by atoms with van der Waals surface area (Å²) in [5, 5.41) is 17.5. The van der Waals surface area contributed by atoms with E-state index >= 15 is 0 Å². The highest BCUT2D eigenvalue weighted by atomic mass is 32.2. The van der Waals surface area contributed by atoms with E-state index in [4.69, 9.17) is 8.61 Å². The lowest BCUT2D eigenvalue weighted by Gasteiger charge is -2.44. The summed E-state index contributed by atoms with van der Waals surface area (Å²) < 4.78 is 40.0. The minimum Gasteiger partial charge on any atom is -0.404 e. The second-order valence-electron chi connectivity index (χ2n) is 14.7. The zero-order valence-electron chi connectivity index (χ0n) is 28.9.